The summed E-state index contributed by atoms with van der Waals surface area (Å²) in [6, 6.07) is 8.81. The largest absolute Gasteiger partial charge is 0.496 e. The highest BCUT2D eigenvalue weighted by atomic mass is 19.1. The van der Waals surface area contributed by atoms with Crippen LogP contribution in [0.2, 0.25) is 0 Å². The van der Waals surface area contributed by atoms with Gasteiger partial charge in [-0.15, -0.1) is 0 Å². The molecule has 0 amide bonds. The average molecular weight is 304 g/mol. The summed E-state index contributed by atoms with van der Waals surface area (Å²) in [7, 11) is 1.47. The third-order valence-electron chi connectivity index (χ3n) is 3.21. The van der Waals surface area contributed by atoms with Crippen LogP contribution in [0.1, 0.15) is 15.9 Å². The molecule has 3 rings (SSSR count). The van der Waals surface area contributed by atoms with Crippen molar-refractivity contribution in [2.75, 3.05) is 13.9 Å². The van der Waals surface area contributed by atoms with E-state index in [4.69, 9.17) is 18.9 Å². The molecule has 0 aliphatic carbocycles. The molecule has 22 heavy (non-hydrogen) atoms. The van der Waals surface area contributed by atoms with Crippen molar-refractivity contribution in [1.82, 2.24) is 0 Å². The van der Waals surface area contributed by atoms with Crippen LogP contribution >= 0.6 is 0 Å². The van der Waals surface area contributed by atoms with Crippen molar-refractivity contribution in [2.24, 2.45) is 0 Å². The Morgan fingerprint density at radius 2 is 2.00 bits per heavy atom. The number of rotatable bonds is 4. The number of halogens is 1. The minimum Gasteiger partial charge on any atom is -0.496 e. The Balaban J connectivity index is 1.71. The molecule has 0 unspecified atom stereocenters. The molecule has 1 aliphatic heterocycles. The number of carbonyl (C=O) groups is 1. The van der Waals surface area contributed by atoms with Crippen molar-refractivity contribution in [3.63, 3.8) is 0 Å². The molecule has 0 saturated heterocycles. The normalized spacial score (nSPS) is 12.1. The van der Waals surface area contributed by atoms with Crippen molar-refractivity contribution in [1.29, 1.82) is 0 Å². The summed E-state index contributed by atoms with van der Waals surface area (Å²) < 4.78 is 33.9. The van der Waals surface area contributed by atoms with Gasteiger partial charge < -0.3 is 18.9 Å². The second-order valence-corrected chi connectivity index (χ2v) is 4.60. The van der Waals surface area contributed by atoms with Gasteiger partial charge in [0.05, 0.1) is 12.7 Å². The summed E-state index contributed by atoms with van der Waals surface area (Å²) in [5.41, 5.74) is 0.788. The number of hydrogen-bond donors (Lipinski definition) is 0. The Kier molecular flexibility index (Phi) is 3.82. The van der Waals surface area contributed by atoms with Crippen LogP contribution in [0, 0.1) is 5.82 Å². The summed E-state index contributed by atoms with van der Waals surface area (Å²) in [6.07, 6.45) is 0. The van der Waals surface area contributed by atoms with E-state index in [1.807, 2.05) is 0 Å². The van der Waals surface area contributed by atoms with Crippen molar-refractivity contribution >= 4 is 5.97 Å². The number of fused-ring (bicyclic) bond motifs is 1. The van der Waals surface area contributed by atoms with Crippen LogP contribution in [0.5, 0.6) is 17.2 Å². The second-order valence-electron chi connectivity index (χ2n) is 4.60. The van der Waals surface area contributed by atoms with Crippen molar-refractivity contribution in [3.05, 3.63) is 53.3 Å². The molecule has 0 atom stereocenters. The Labute approximate surface area is 126 Å². The molecule has 6 heteroatoms. The zero-order valence-electron chi connectivity index (χ0n) is 11.8. The summed E-state index contributed by atoms with van der Waals surface area (Å²) in [5, 5.41) is 0. The topological polar surface area (TPSA) is 54.0 Å². The molecular formula is C16H13FO5. The quantitative estimate of drug-likeness (QED) is 0.813. The smallest absolute Gasteiger partial charge is 0.338 e. The molecule has 0 saturated carbocycles. The van der Waals surface area contributed by atoms with Gasteiger partial charge in [0.15, 0.2) is 11.5 Å². The first-order valence-electron chi connectivity index (χ1n) is 6.56. The first kappa shape index (κ1) is 14.2. The fourth-order valence-corrected chi connectivity index (χ4v) is 2.11. The number of hydrogen-bond acceptors (Lipinski definition) is 5. The average Bonchev–Trinajstić information content (AvgIpc) is 3.00. The standard InChI is InChI=1S/C16H13FO5/c1-19-13-5-3-12(17)6-11(13)8-20-16(18)10-2-4-14-15(7-10)22-9-21-14/h2-7H,8-9H2,1H3. The molecule has 0 radical (unpaired) electrons. The minimum atomic E-state index is -0.537. The van der Waals surface area contributed by atoms with E-state index in [0.29, 0.717) is 28.4 Å². The van der Waals surface area contributed by atoms with Gasteiger partial charge in [-0.1, -0.05) is 0 Å². The highest BCUT2D eigenvalue weighted by Crippen LogP contribution is 2.32. The van der Waals surface area contributed by atoms with Gasteiger partial charge in [-0.2, -0.15) is 0 Å². The van der Waals surface area contributed by atoms with E-state index < -0.39 is 11.8 Å². The van der Waals surface area contributed by atoms with Gasteiger partial charge in [0.25, 0.3) is 0 Å². The number of methoxy groups -OCH3 is 1. The molecular weight excluding hydrogens is 291 g/mol. The number of benzene rings is 2. The van der Waals surface area contributed by atoms with Crippen LogP contribution in [0.3, 0.4) is 0 Å². The lowest BCUT2D eigenvalue weighted by atomic mass is 10.2. The predicted octanol–water partition coefficient (Wildman–Crippen LogP) is 2.92. The van der Waals surface area contributed by atoms with Crippen LogP contribution in [-0.2, 0) is 11.3 Å². The highest BCUT2D eigenvalue weighted by molar-refractivity contribution is 5.90. The third-order valence-corrected chi connectivity index (χ3v) is 3.21. The second kappa shape index (κ2) is 5.93. The number of carbonyl (C=O) groups excluding carboxylic acids is 1. The van der Waals surface area contributed by atoms with Gasteiger partial charge in [0.2, 0.25) is 6.79 Å². The molecule has 0 aromatic heterocycles. The molecule has 0 spiro atoms. The Morgan fingerprint density at radius 1 is 1.18 bits per heavy atom. The lowest BCUT2D eigenvalue weighted by molar-refractivity contribution is 0.0469. The molecule has 2 aromatic rings. The van der Waals surface area contributed by atoms with Crippen molar-refractivity contribution < 1.29 is 28.1 Å². The van der Waals surface area contributed by atoms with Crippen LogP contribution in [0.15, 0.2) is 36.4 Å². The van der Waals surface area contributed by atoms with E-state index in [-0.39, 0.29) is 13.4 Å². The lowest BCUT2D eigenvalue weighted by Gasteiger charge is -2.09. The third kappa shape index (κ3) is 2.81. The first-order valence-corrected chi connectivity index (χ1v) is 6.56. The maximum absolute atomic E-state index is 13.3. The Morgan fingerprint density at radius 3 is 2.82 bits per heavy atom. The highest BCUT2D eigenvalue weighted by Gasteiger charge is 2.17. The Bertz CT molecular complexity index is 714. The Hall–Kier alpha value is -2.76. The van der Waals surface area contributed by atoms with E-state index in [1.165, 1.54) is 25.3 Å². The van der Waals surface area contributed by atoms with Crippen LogP contribution in [0.25, 0.3) is 0 Å². The van der Waals surface area contributed by atoms with Crippen molar-refractivity contribution in [3.8, 4) is 17.2 Å². The zero-order valence-corrected chi connectivity index (χ0v) is 11.8. The summed E-state index contributed by atoms with van der Waals surface area (Å²) in [5.74, 6) is 0.584. The van der Waals surface area contributed by atoms with Gasteiger partial charge in [-0.3, -0.25) is 0 Å². The van der Waals surface area contributed by atoms with Crippen LogP contribution in [0.4, 0.5) is 4.39 Å². The summed E-state index contributed by atoms with van der Waals surface area (Å²) >= 11 is 0. The van der Waals surface area contributed by atoms with E-state index in [0.717, 1.165) is 0 Å². The van der Waals surface area contributed by atoms with Crippen molar-refractivity contribution in [2.45, 2.75) is 6.61 Å². The molecule has 2 aromatic carbocycles. The van der Waals surface area contributed by atoms with Gasteiger partial charge >= 0.3 is 5.97 Å². The van der Waals surface area contributed by atoms with Crippen LogP contribution in [-0.4, -0.2) is 19.9 Å². The lowest BCUT2D eigenvalue weighted by Crippen LogP contribution is -2.06. The molecule has 0 bridgehead atoms. The fourth-order valence-electron chi connectivity index (χ4n) is 2.11. The van der Waals surface area contributed by atoms with E-state index in [1.54, 1.807) is 18.2 Å². The van der Waals surface area contributed by atoms with Crippen LogP contribution < -0.4 is 14.2 Å². The predicted molar refractivity (Wildman–Crippen MR) is 74.6 cm³/mol. The molecule has 1 heterocycles. The molecule has 0 fully saturated rings. The molecule has 5 nitrogen and oxygen atoms in total. The monoisotopic (exact) mass is 304 g/mol. The molecule has 1 aliphatic rings. The van der Waals surface area contributed by atoms with Gasteiger partial charge in [0, 0.05) is 5.56 Å². The SMILES string of the molecule is COc1ccc(F)cc1COC(=O)c1ccc2c(c1)OCO2. The molecule has 114 valence electrons. The van der Waals surface area contributed by atoms with Gasteiger partial charge in [-0.25, -0.2) is 9.18 Å². The maximum atomic E-state index is 13.3. The molecule has 0 N–H and O–H groups in total. The minimum absolute atomic E-state index is 0.0891. The van der Waals surface area contributed by atoms with Gasteiger partial charge in [-0.05, 0) is 36.4 Å². The first-order chi connectivity index (χ1) is 10.7. The summed E-state index contributed by atoms with van der Waals surface area (Å²) in [4.78, 5) is 12.0. The van der Waals surface area contributed by atoms with Gasteiger partial charge in [0.1, 0.15) is 18.2 Å². The van der Waals surface area contributed by atoms with E-state index in [2.05, 4.69) is 0 Å². The summed E-state index contributed by atoms with van der Waals surface area (Å²) in [6.45, 7) is 0.0442. The van der Waals surface area contributed by atoms with E-state index in [9.17, 15) is 9.18 Å². The fraction of sp³-hybridized carbons (Fsp3) is 0.188. The maximum Gasteiger partial charge on any atom is 0.338 e. The van der Waals surface area contributed by atoms with E-state index >= 15 is 0 Å². The zero-order chi connectivity index (χ0) is 15.5. The number of ether oxygens (including phenoxy) is 4. The number of esters is 1.